The first-order chi connectivity index (χ1) is 15.5. The van der Waals surface area contributed by atoms with Crippen molar-refractivity contribution >= 4 is 66.3 Å². The minimum atomic E-state index is -4.90. The van der Waals surface area contributed by atoms with E-state index in [9.17, 15) is 25.9 Å². The van der Waals surface area contributed by atoms with Crippen LogP contribution < -0.4 is 0 Å². The first-order valence-corrected chi connectivity index (χ1v) is 12.4. The molecule has 0 radical (unpaired) electrons. The number of hydrogen-bond acceptors (Lipinski definition) is 11. The van der Waals surface area contributed by atoms with Crippen LogP contribution in [0.1, 0.15) is 6.92 Å². The molecular weight excluding hydrogens is 498 g/mol. The summed E-state index contributed by atoms with van der Waals surface area (Å²) in [7, 11) is -9.70. The molecule has 174 valence electrons. The molecule has 0 atom stereocenters. The van der Waals surface area contributed by atoms with E-state index < -0.39 is 30.0 Å². The van der Waals surface area contributed by atoms with Crippen LogP contribution >= 0.6 is 12.0 Å². The molecule has 0 bridgehead atoms. The molecule has 0 amide bonds. The third kappa shape index (κ3) is 6.18. The largest absolute Gasteiger partial charge is 0.295 e. The third-order valence-corrected chi connectivity index (χ3v) is 6.46. The number of azo groups is 1. The molecule has 33 heavy (non-hydrogen) atoms. The average molecular weight is 514 g/mol. The van der Waals surface area contributed by atoms with Gasteiger partial charge in [-0.15, -0.1) is 9.45 Å². The maximum Gasteiger partial charge on any atom is 0.295 e. The van der Waals surface area contributed by atoms with Gasteiger partial charge in [0, 0.05) is 11.6 Å². The van der Waals surface area contributed by atoms with Crippen molar-refractivity contribution in [2.24, 2.45) is 15.2 Å². The van der Waals surface area contributed by atoms with Gasteiger partial charge < -0.3 is 0 Å². The summed E-state index contributed by atoms with van der Waals surface area (Å²) >= 11 is 0.464. The number of benzene rings is 3. The lowest BCUT2D eigenvalue weighted by Gasteiger charge is -2.10. The van der Waals surface area contributed by atoms with E-state index in [4.69, 9.17) is 5.26 Å². The zero-order valence-electron chi connectivity index (χ0n) is 16.6. The summed E-state index contributed by atoms with van der Waals surface area (Å²) in [6.45, 7) is 1.77. The molecular formula is C18H15N3O9S3. The monoisotopic (exact) mass is 513 g/mol. The predicted molar refractivity (Wildman–Crippen MR) is 119 cm³/mol. The second-order valence-electron chi connectivity index (χ2n) is 6.24. The summed E-state index contributed by atoms with van der Waals surface area (Å²) in [4.78, 5) is 2.70. The standard InChI is InChI=1S/C18H15N3O9S3/c1-2-19-12-3-5-13(6-4-12)20-21-16-10-15-11(8-17(16)31-30-29-22)7-14(32(23,24)25)9-18(15)33(26,27)28/h2-10,22H,1H3,(H,23,24,25)(H,26,27,28). The van der Waals surface area contributed by atoms with Crippen molar-refractivity contribution in [1.82, 2.24) is 0 Å². The predicted octanol–water partition coefficient (Wildman–Crippen LogP) is 4.90. The Hall–Kier alpha value is -2.76. The van der Waals surface area contributed by atoms with Gasteiger partial charge in [0.15, 0.2) is 0 Å². The Kier molecular flexibility index (Phi) is 7.55. The summed E-state index contributed by atoms with van der Waals surface area (Å²) in [5.74, 6) is 0. The van der Waals surface area contributed by atoms with Gasteiger partial charge in [-0.25, -0.2) is 5.26 Å². The molecule has 0 saturated heterocycles. The number of fused-ring (bicyclic) bond motifs is 1. The van der Waals surface area contributed by atoms with E-state index in [2.05, 4.69) is 24.6 Å². The molecule has 0 heterocycles. The highest BCUT2D eigenvalue weighted by atomic mass is 32.2. The fraction of sp³-hybridized carbons (Fsp3) is 0.0556. The van der Waals surface area contributed by atoms with Crippen molar-refractivity contribution in [3.8, 4) is 0 Å². The van der Waals surface area contributed by atoms with Crippen LogP contribution in [0.4, 0.5) is 17.1 Å². The number of nitrogens with zero attached hydrogens (tertiary/aromatic N) is 3. The van der Waals surface area contributed by atoms with Crippen LogP contribution in [0.3, 0.4) is 0 Å². The molecule has 0 aromatic heterocycles. The van der Waals surface area contributed by atoms with E-state index in [0.29, 0.717) is 29.5 Å². The fourth-order valence-corrected chi connectivity index (χ4v) is 4.56. The van der Waals surface area contributed by atoms with Gasteiger partial charge >= 0.3 is 0 Å². The molecule has 0 saturated carbocycles. The topological polar surface area (TPSA) is 185 Å². The molecule has 15 heteroatoms. The SMILES string of the molecule is CC=Nc1ccc(N=Nc2cc3c(S(=O)(=O)O)cc(S(=O)(=O)O)cc3cc2SOOO)cc1. The number of hydrogen-bond donors (Lipinski definition) is 3. The molecule has 0 aliphatic heterocycles. The third-order valence-electron chi connectivity index (χ3n) is 4.10. The Bertz CT molecular complexity index is 1450. The highest BCUT2D eigenvalue weighted by Crippen LogP contribution is 2.38. The van der Waals surface area contributed by atoms with Crippen molar-refractivity contribution in [2.45, 2.75) is 21.6 Å². The lowest BCUT2D eigenvalue weighted by Crippen LogP contribution is -2.04. The first kappa shape index (κ1) is 24.9. The van der Waals surface area contributed by atoms with E-state index in [1.807, 2.05) is 0 Å². The van der Waals surface area contributed by atoms with Crippen LogP contribution in [-0.4, -0.2) is 37.4 Å². The first-order valence-electron chi connectivity index (χ1n) is 8.75. The average Bonchev–Trinajstić information content (AvgIpc) is 2.75. The van der Waals surface area contributed by atoms with Gasteiger partial charge in [0.1, 0.15) is 10.6 Å². The van der Waals surface area contributed by atoms with Crippen molar-refractivity contribution < 1.29 is 40.6 Å². The van der Waals surface area contributed by atoms with Crippen LogP contribution in [0.25, 0.3) is 10.8 Å². The fourth-order valence-electron chi connectivity index (χ4n) is 2.74. The molecule has 3 rings (SSSR count). The van der Waals surface area contributed by atoms with E-state index in [0.717, 1.165) is 6.07 Å². The Morgan fingerprint density at radius 1 is 0.909 bits per heavy atom. The highest BCUT2D eigenvalue weighted by Gasteiger charge is 2.22. The van der Waals surface area contributed by atoms with Gasteiger partial charge in [-0.05, 0) is 60.8 Å². The normalized spacial score (nSPS) is 12.8. The van der Waals surface area contributed by atoms with E-state index in [1.54, 1.807) is 37.4 Å². The molecule has 0 aliphatic rings. The van der Waals surface area contributed by atoms with Crippen molar-refractivity contribution in [3.05, 3.63) is 48.5 Å². The zero-order chi connectivity index (χ0) is 24.2. The summed E-state index contributed by atoms with van der Waals surface area (Å²) in [5.41, 5.74) is 1.15. The van der Waals surface area contributed by atoms with E-state index in [1.165, 1.54) is 12.1 Å². The minimum Gasteiger partial charge on any atom is -0.282 e. The van der Waals surface area contributed by atoms with Gasteiger partial charge in [-0.1, -0.05) is 5.04 Å². The Labute approximate surface area is 192 Å². The molecule has 12 nitrogen and oxygen atoms in total. The summed E-state index contributed by atoms with van der Waals surface area (Å²) in [6, 6.07) is 10.7. The molecule has 3 aromatic carbocycles. The summed E-state index contributed by atoms with van der Waals surface area (Å²) in [6.07, 6.45) is 1.62. The van der Waals surface area contributed by atoms with Crippen LogP contribution in [-0.2, 0) is 29.6 Å². The second-order valence-corrected chi connectivity index (χ2v) is 9.80. The Morgan fingerprint density at radius 3 is 2.15 bits per heavy atom. The number of aliphatic imine (C=N–C) groups is 1. The van der Waals surface area contributed by atoms with Gasteiger partial charge in [-0.3, -0.25) is 14.1 Å². The van der Waals surface area contributed by atoms with Gasteiger partial charge in [0.05, 0.1) is 33.2 Å². The van der Waals surface area contributed by atoms with Crippen LogP contribution in [0.5, 0.6) is 0 Å². The Balaban J connectivity index is 2.20. The van der Waals surface area contributed by atoms with Gasteiger partial charge in [0.2, 0.25) is 0 Å². The van der Waals surface area contributed by atoms with Gasteiger partial charge in [-0.2, -0.15) is 21.9 Å². The maximum absolute atomic E-state index is 11.9. The molecule has 0 fully saturated rings. The van der Waals surface area contributed by atoms with Crippen LogP contribution in [0, 0.1) is 0 Å². The number of rotatable bonds is 8. The molecule has 3 N–H and O–H groups in total. The summed E-state index contributed by atoms with van der Waals surface area (Å²) < 4.78 is 70.3. The van der Waals surface area contributed by atoms with Crippen molar-refractivity contribution in [1.29, 1.82) is 0 Å². The van der Waals surface area contributed by atoms with Crippen LogP contribution in [0.2, 0.25) is 0 Å². The smallest absolute Gasteiger partial charge is 0.282 e. The maximum atomic E-state index is 11.9. The van der Waals surface area contributed by atoms with Crippen molar-refractivity contribution in [2.75, 3.05) is 0 Å². The van der Waals surface area contributed by atoms with Gasteiger partial charge in [0.25, 0.3) is 20.2 Å². The zero-order valence-corrected chi connectivity index (χ0v) is 19.0. The minimum absolute atomic E-state index is 0.0116. The van der Waals surface area contributed by atoms with E-state index in [-0.39, 0.29) is 21.4 Å². The summed E-state index contributed by atoms with van der Waals surface area (Å²) in [5, 5.41) is 20.0. The Morgan fingerprint density at radius 2 is 1.58 bits per heavy atom. The molecule has 0 aliphatic carbocycles. The molecule has 0 unspecified atom stereocenters. The quantitative estimate of drug-likeness (QED) is 0.0934. The molecule has 0 spiro atoms. The van der Waals surface area contributed by atoms with Crippen LogP contribution in [0.15, 0.2) is 78.4 Å². The lowest BCUT2D eigenvalue weighted by atomic mass is 10.1. The lowest BCUT2D eigenvalue weighted by molar-refractivity contribution is -0.432. The van der Waals surface area contributed by atoms with Crippen molar-refractivity contribution in [3.63, 3.8) is 0 Å². The highest BCUT2D eigenvalue weighted by molar-refractivity contribution is 7.94. The molecule has 3 aromatic rings. The second kappa shape index (κ2) is 10.0. The van der Waals surface area contributed by atoms with E-state index >= 15 is 0 Å².